The van der Waals surface area contributed by atoms with E-state index in [-0.39, 0.29) is 17.9 Å². The molecule has 3 aromatic rings. The van der Waals surface area contributed by atoms with E-state index in [4.69, 9.17) is 0 Å². The van der Waals surface area contributed by atoms with Gasteiger partial charge in [-0.25, -0.2) is 4.79 Å². The summed E-state index contributed by atoms with van der Waals surface area (Å²) in [4.78, 5) is 24.2. The van der Waals surface area contributed by atoms with Crippen molar-refractivity contribution < 1.29 is 9.59 Å². The number of aromatic nitrogens is 2. The zero-order valence-corrected chi connectivity index (χ0v) is 16.6. The monoisotopic (exact) mass is 391 g/mol. The summed E-state index contributed by atoms with van der Waals surface area (Å²) in [7, 11) is 0. The van der Waals surface area contributed by atoms with E-state index in [1.165, 1.54) is 0 Å². The minimum Gasteiger partial charge on any atom is -0.334 e. The average molecular weight is 391 g/mol. The fourth-order valence-corrected chi connectivity index (χ4v) is 2.76. The van der Waals surface area contributed by atoms with Gasteiger partial charge in [0, 0.05) is 36.2 Å². The quantitative estimate of drug-likeness (QED) is 0.572. The van der Waals surface area contributed by atoms with E-state index < -0.39 is 0 Å². The minimum atomic E-state index is -0.314. The third-order valence-corrected chi connectivity index (χ3v) is 4.36. The maximum atomic E-state index is 12.3. The molecule has 0 fully saturated rings. The Hall–Kier alpha value is -3.61. The van der Waals surface area contributed by atoms with Gasteiger partial charge in [-0.3, -0.25) is 9.48 Å². The number of nitrogens with zero attached hydrogens (tertiary/aromatic N) is 2. The molecule has 0 atom stereocenters. The Bertz CT molecular complexity index is 967. The van der Waals surface area contributed by atoms with Crippen molar-refractivity contribution in [3.05, 3.63) is 78.1 Å². The topological polar surface area (TPSA) is 88.0 Å². The normalized spacial score (nSPS) is 10.6. The highest BCUT2D eigenvalue weighted by Crippen LogP contribution is 2.16. The highest BCUT2D eigenvalue weighted by atomic mass is 16.2. The van der Waals surface area contributed by atoms with Crippen molar-refractivity contribution in [2.75, 3.05) is 10.6 Å². The Morgan fingerprint density at radius 1 is 0.966 bits per heavy atom. The zero-order valence-electron chi connectivity index (χ0n) is 16.6. The second-order valence-corrected chi connectivity index (χ2v) is 7.00. The highest BCUT2D eigenvalue weighted by molar-refractivity contribution is 5.94. The van der Waals surface area contributed by atoms with Crippen LogP contribution < -0.4 is 16.0 Å². The van der Waals surface area contributed by atoms with E-state index in [1.807, 2.05) is 55.1 Å². The van der Waals surface area contributed by atoms with Gasteiger partial charge in [0.25, 0.3) is 0 Å². The molecule has 3 N–H and O–H groups in total. The number of hydrogen-bond donors (Lipinski definition) is 3. The maximum absolute atomic E-state index is 12.3. The first-order chi connectivity index (χ1) is 14.0. The van der Waals surface area contributed by atoms with E-state index in [9.17, 15) is 9.59 Å². The standard InChI is InChI=1S/C22H25N5O2/c1-16(2)21(28)25-19-9-5-10-20(13-19)26-22(29)23-14-17-7-3-4-8-18(17)15-27-12-6-11-24-27/h3-13,16H,14-15H2,1-2H3,(H,25,28)(H2,23,26,29). The van der Waals surface area contributed by atoms with Gasteiger partial charge in [-0.2, -0.15) is 5.10 Å². The van der Waals surface area contributed by atoms with E-state index in [0.29, 0.717) is 24.5 Å². The van der Waals surface area contributed by atoms with Gasteiger partial charge in [-0.15, -0.1) is 0 Å². The number of carbonyl (C=O) groups is 2. The van der Waals surface area contributed by atoms with E-state index in [1.54, 1.807) is 30.5 Å². The minimum absolute atomic E-state index is 0.0691. The molecule has 0 spiro atoms. The predicted octanol–water partition coefficient (Wildman–Crippen LogP) is 3.85. The summed E-state index contributed by atoms with van der Waals surface area (Å²) in [6, 6.07) is 16.6. The second-order valence-electron chi connectivity index (χ2n) is 7.00. The number of benzene rings is 2. The summed E-state index contributed by atoms with van der Waals surface area (Å²) in [6.45, 7) is 4.70. The van der Waals surface area contributed by atoms with Crippen molar-refractivity contribution in [2.24, 2.45) is 5.92 Å². The van der Waals surface area contributed by atoms with E-state index >= 15 is 0 Å². The molecule has 7 nitrogen and oxygen atoms in total. The van der Waals surface area contributed by atoms with Crippen LogP contribution >= 0.6 is 0 Å². The SMILES string of the molecule is CC(C)C(=O)Nc1cccc(NC(=O)NCc2ccccc2Cn2cccn2)c1. The van der Waals surface area contributed by atoms with Gasteiger partial charge >= 0.3 is 6.03 Å². The fraction of sp³-hybridized carbons (Fsp3) is 0.227. The first-order valence-electron chi connectivity index (χ1n) is 9.51. The number of rotatable bonds is 7. The van der Waals surface area contributed by atoms with Gasteiger partial charge in [0.1, 0.15) is 0 Å². The molecule has 3 rings (SSSR count). The van der Waals surface area contributed by atoms with Gasteiger partial charge in [-0.05, 0) is 35.4 Å². The van der Waals surface area contributed by atoms with Crippen LogP contribution in [0.15, 0.2) is 67.0 Å². The molecular formula is C22H25N5O2. The number of urea groups is 1. The summed E-state index contributed by atoms with van der Waals surface area (Å²) < 4.78 is 1.84. The Morgan fingerprint density at radius 2 is 1.69 bits per heavy atom. The van der Waals surface area contributed by atoms with Crippen LogP contribution in [0.1, 0.15) is 25.0 Å². The predicted molar refractivity (Wildman–Crippen MR) is 114 cm³/mol. The van der Waals surface area contributed by atoms with Gasteiger partial charge < -0.3 is 16.0 Å². The maximum Gasteiger partial charge on any atom is 0.319 e. The molecule has 150 valence electrons. The molecule has 1 heterocycles. The van der Waals surface area contributed by atoms with Crippen LogP contribution in [0.5, 0.6) is 0 Å². The molecular weight excluding hydrogens is 366 g/mol. The molecule has 1 aromatic heterocycles. The molecule has 0 saturated heterocycles. The number of nitrogens with one attached hydrogen (secondary N) is 3. The van der Waals surface area contributed by atoms with E-state index in [0.717, 1.165) is 11.1 Å². The van der Waals surface area contributed by atoms with Gasteiger partial charge in [0.05, 0.1) is 6.54 Å². The first-order valence-corrected chi connectivity index (χ1v) is 9.51. The lowest BCUT2D eigenvalue weighted by atomic mass is 10.1. The Morgan fingerprint density at radius 3 is 2.38 bits per heavy atom. The van der Waals surface area contributed by atoms with Gasteiger partial charge in [0.2, 0.25) is 5.91 Å². The van der Waals surface area contributed by atoms with Gasteiger partial charge in [-0.1, -0.05) is 44.2 Å². The van der Waals surface area contributed by atoms with Crippen LogP contribution in [0, 0.1) is 5.92 Å². The largest absolute Gasteiger partial charge is 0.334 e. The molecule has 0 aliphatic carbocycles. The first kappa shape index (κ1) is 20.1. The summed E-state index contributed by atoms with van der Waals surface area (Å²) in [6.07, 6.45) is 3.65. The van der Waals surface area contributed by atoms with Crippen LogP contribution in [0.4, 0.5) is 16.2 Å². The molecule has 3 amide bonds. The number of hydrogen-bond acceptors (Lipinski definition) is 3. The van der Waals surface area contributed by atoms with Crippen molar-refractivity contribution in [3.63, 3.8) is 0 Å². The zero-order chi connectivity index (χ0) is 20.6. The Kier molecular flexibility index (Phi) is 6.63. The number of amides is 3. The van der Waals surface area contributed by atoms with Crippen molar-refractivity contribution in [1.29, 1.82) is 0 Å². The lowest BCUT2D eigenvalue weighted by molar-refractivity contribution is -0.118. The van der Waals surface area contributed by atoms with Crippen molar-refractivity contribution >= 4 is 23.3 Å². The Labute approximate surface area is 170 Å². The molecule has 0 aliphatic heterocycles. The van der Waals surface area contributed by atoms with Crippen LogP contribution in [0.3, 0.4) is 0 Å². The molecule has 7 heteroatoms. The fourth-order valence-electron chi connectivity index (χ4n) is 2.76. The number of anilines is 2. The molecule has 29 heavy (non-hydrogen) atoms. The highest BCUT2D eigenvalue weighted by Gasteiger charge is 2.09. The lowest BCUT2D eigenvalue weighted by Crippen LogP contribution is -2.28. The molecule has 0 radical (unpaired) electrons. The molecule has 0 unspecified atom stereocenters. The second kappa shape index (κ2) is 9.54. The van der Waals surface area contributed by atoms with Crippen molar-refractivity contribution in [2.45, 2.75) is 26.9 Å². The van der Waals surface area contributed by atoms with Crippen LogP contribution in [0.25, 0.3) is 0 Å². The number of carbonyl (C=O) groups excluding carboxylic acids is 2. The third-order valence-electron chi connectivity index (χ3n) is 4.36. The van der Waals surface area contributed by atoms with Crippen molar-refractivity contribution in [1.82, 2.24) is 15.1 Å². The summed E-state index contributed by atoms with van der Waals surface area (Å²) in [5.41, 5.74) is 3.37. The molecule has 0 bridgehead atoms. The lowest BCUT2D eigenvalue weighted by Gasteiger charge is -2.13. The summed E-state index contributed by atoms with van der Waals surface area (Å²) in [5.74, 6) is -0.183. The third kappa shape index (κ3) is 5.93. The van der Waals surface area contributed by atoms with E-state index in [2.05, 4.69) is 21.0 Å². The van der Waals surface area contributed by atoms with Gasteiger partial charge in [0.15, 0.2) is 0 Å². The van der Waals surface area contributed by atoms with Crippen molar-refractivity contribution in [3.8, 4) is 0 Å². The molecule has 2 aromatic carbocycles. The Balaban J connectivity index is 1.57. The van der Waals surface area contributed by atoms with Crippen LogP contribution in [-0.4, -0.2) is 21.7 Å². The van der Waals surface area contributed by atoms with Crippen LogP contribution in [0.2, 0.25) is 0 Å². The summed E-state index contributed by atoms with van der Waals surface area (Å²) in [5, 5.41) is 12.7. The van der Waals surface area contributed by atoms with Crippen LogP contribution in [-0.2, 0) is 17.9 Å². The molecule has 0 saturated carbocycles. The molecule has 0 aliphatic rings. The summed E-state index contributed by atoms with van der Waals surface area (Å²) >= 11 is 0. The average Bonchev–Trinajstić information content (AvgIpc) is 3.20. The smallest absolute Gasteiger partial charge is 0.319 e.